The van der Waals surface area contributed by atoms with Crippen LogP contribution >= 0.6 is 0 Å². The minimum Gasteiger partial charge on any atom is -0.464 e. The SMILES string of the molecule is COC(=O)c1coc(C(O)[C@@H](N)CCc2ccccc2)n1. The summed E-state index contributed by atoms with van der Waals surface area (Å²) in [4.78, 5) is 15.2. The van der Waals surface area contributed by atoms with E-state index in [1.807, 2.05) is 30.3 Å². The first-order valence-corrected chi connectivity index (χ1v) is 6.63. The molecule has 2 atom stereocenters. The van der Waals surface area contributed by atoms with E-state index in [2.05, 4.69) is 9.72 Å². The summed E-state index contributed by atoms with van der Waals surface area (Å²) >= 11 is 0. The molecule has 0 bridgehead atoms. The molecule has 3 N–H and O–H groups in total. The number of esters is 1. The monoisotopic (exact) mass is 290 g/mol. The quantitative estimate of drug-likeness (QED) is 0.781. The second kappa shape index (κ2) is 7.01. The van der Waals surface area contributed by atoms with Crippen LogP contribution in [-0.4, -0.2) is 29.2 Å². The zero-order valence-electron chi connectivity index (χ0n) is 11.7. The fraction of sp³-hybridized carbons (Fsp3) is 0.333. The number of nitrogens with two attached hydrogens (primary N) is 1. The number of benzene rings is 1. The van der Waals surface area contributed by atoms with Crippen LogP contribution in [-0.2, 0) is 11.2 Å². The maximum Gasteiger partial charge on any atom is 0.360 e. The third-order valence-electron chi connectivity index (χ3n) is 3.18. The van der Waals surface area contributed by atoms with E-state index < -0.39 is 18.1 Å². The molecule has 0 saturated carbocycles. The van der Waals surface area contributed by atoms with Crippen molar-refractivity contribution < 1.29 is 19.1 Å². The van der Waals surface area contributed by atoms with Crippen molar-refractivity contribution in [2.75, 3.05) is 7.11 Å². The van der Waals surface area contributed by atoms with Gasteiger partial charge in [-0.05, 0) is 18.4 Å². The van der Waals surface area contributed by atoms with Gasteiger partial charge in [-0.2, -0.15) is 0 Å². The Labute approximate surface area is 122 Å². The van der Waals surface area contributed by atoms with Gasteiger partial charge in [-0.25, -0.2) is 9.78 Å². The van der Waals surface area contributed by atoms with Gasteiger partial charge in [0.25, 0.3) is 0 Å². The maximum absolute atomic E-state index is 11.3. The predicted molar refractivity (Wildman–Crippen MR) is 75.5 cm³/mol. The normalized spacial score (nSPS) is 13.7. The van der Waals surface area contributed by atoms with Crippen LogP contribution in [0.5, 0.6) is 0 Å². The van der Waals surface area contributed by atoms with Gasteiger partial charge in [0, 0.05) is 6.04 Å². The number of methoxy groups -OCH3 is 1. The number of rotatable bonds is 6. The molecule has 1 heterocycles. The van der Waals surface area contributed by atoms with E-state index in [1.54, 1.807) is 0 Å². The summed E-state index contributed by atoms with van der Waals surface area (Å²) in [5.74, 6) is -0.592. The Morgan fingerprint density at radius 3 is 2.81 bits per heavy atom. The molecule has 21 heavy (non-hydrogen) atoms. The molecule has 0 amide bonds. The first-order valence-electron chi connectivity index (χ1n) is 6.63. The second-order valence-corrected chi connectivity index (χ2v) is 4.70. The number of hydrogen-bond donors (Lipinski definition) is 2. The molecular formula is C15H18N2O4. The van der Waals surface area contributed by atoms with E-state index in [4.69, 9.17) is 10.2 Å². The van der Waals surface area contributed by atoms with Crippen molar-refractivity contribution in [2.45, 2.75) is 25.0 Å². The summed E-state index contributed by atoms with van der Waals surface area (Å²) in [6, 6.07) is 9.31. The van der Waals surface area contributed by atoms with Crippen LogP contribution in [0.3, 0.4) is 0 Å². The van der Waals surface area contributed by atoms with E-state index in [0.29, 0.717) is 6.42 Å². The number of carbonyl (C=O) groups is 1. The van der Waals surface area contributed by atoms with Crippen LogP contribution in [0.15, 0.2) is 41.0 Å². The molecule has 0 saturated heterocycles. The highest BCUT2D eigenvalue weighted by molar-refractivity contribution is 5.86. The number of hydrogen-bond acceptors (Lipinski definition) is 6. The fourth-order valence-electron chi connectivity index (χ4n) is 1.94. The minimum atomic E-state index is -1.06. The van der Waals surface area contributed by atoms with Crippen LogP contribution in [0.2, 0.25) is 0 Å². The van der Waals surface area contributed by atoms with E-state index in [9.17, 15) is 9.90 Å². The largest absolute Gasteiger partial charge is 0.464 e. The van der Waals surface area contributed by atoms with Crippen molar-refractivity contribution in [1.82, 2.24) is 4.98 Å². The fourth-order valence-corrected chi connectivity index (χ4v) is 1.94. The van der Waals surface area contributed by atoms with E-state index in [-0.39, 0.29) is 11.6 Å². The average Bonchev–Trinajstić information content (AvgIpc) is 3.02. The molecule has 1 unspecified atom stereocenters. The zero-order valence-corrected chi connectivity index (χ0v) is 11.7. The van der Waals surface area contributed by atoms with Gasteiger partial charge in [-0.1, -0.05) is 30.3 Å². The second-order valence-electron chi connectivity index (χ2n) is 4.70. The lowest BCUT2D eigenvalue weighted by Gasteiger charge is -2.15. The summed E-state index contributed by atoms with van der Waals surface area (Å²) in [6.07, 6.45) is 1.39. The Morgan fingerprint density at radius 2 is 2.14 bits per heavy atom. The topological polar surface area (TPSA) is 98.6 Å². The van der Waals surface area contributed by atoms with Crippen LogP contribution in [0.4, 0.5) is 0 Å². The lowest BCUT2D eigenvalue weighted by atomic mass is 10.0. The summed E-state index contributed by atoms with van der Waals surface area (Å²) in [6.45, 7) is 0. The van der Waals surface area contributed by atoms with Gasteiger partial charge in [-0.15, -0.1) is 0 Å². The standard InChI is InChI=1S/C15H18N2O4/c1-20-15(19)12-9-21-14(17-12)13(18)11(16)8-7-10-5-3-2-4-6-10/h2-6,9,11,13,18H,7-8,16H2,1H3/t11-,13?/m0/s1. The molecular weight excluding hydrogens is 272 g/mol. The highest BCUT2D eigenvalue weighted by Gasteiger charge is 2.23. The molecule has 0 aliphatic carbocycles. The van der Waals surface area contributed by atoms with Crippen molar-refractivity contribution in [3.63, 3.8) is 0 Å². The predicted octanol–water partition coefficient (Wildman–Crippen LogP) is 1.45. The Morgan fingerprint density at radius 1 is 1.43 bits per heavy atom. The van der Waals surface area contributed by atoms with Crippen molar-refractivity contribution in [1.29, 1.82) is 0 Å². The van der Waals surface area contributed by atoms with Gasteiger partial charge >= 0.3 is 5.97 Å². The number of carbonyl (C=O) groups excluding carboxylic acids is 1. The molecule has 1 aromatic heterocycles. The third-order valence-corrected chi connectivity index (χ3v) is 3.18. The zero-order chi connectivity index (χ0) is 15.2. The van der Waals surface area contributed by atoms with Gasteiger partial charge in [0.1, 0.15) is 12.4 Å². The van der Waals surface area contributed by atoms with Gasteiger partial charge in [0.05, 0.1) is 7.11 Å². The van der Waals surface area contributed by atoms with Gasteiger partial charge in [0.15, 0.2) is 5.69 Å². The van der Waals surface area contributed by atoms with E-state index in [0.717, 1.165) is 18.2 Å². The first kappa shape index (κ1) is 15.2. The molecule has 0 aliphatic rings. The number of aryl methyl sites for hydroxylation is 1. The Hall–Kier alpha value is -2.18. The van der Waals surface area contributed by atoms with Crippen LogP contribution in [0, 0.1) is 0 Å². The maximum atomic E-state index is 11.3. The van der Waals surface area contributed by atoms with E-state index in [1.165, 1.54) is 7.11 Å². The summed E-state index contributed by atoms with van der Waals surface area (Å²) in [7, 11) is 1.25. The lowest BCUT2D eigenvalue weighted by Crippen LogP contribution is -2.29. The van der Waals surface area contributed by atoms with Gasteiger partial charge in [-0.3, -0.25) is 0 Å². The van der Waals surface area contributed by atoms with Gasteiger partial charge in [0.2, 0.25) is 5.89 Å². The molecule has 0 aliphatic heterocycles. The molecule has 1 aromatic carbocycles. The van der Waals surface area contributed by atoms with Crippen LogP contribution < -0.4 is 5.73 Å². The van der Waals surface area contributed by atoms with Crippen molar-refractivity contribution in [3.05, 3.63) is 53.7 Å². The van der Waals surface area contributed by atoms with Crippen molar-refractivity contribution in [3.8, 4) is 0 Å². The molecule has 0 fully saturated rings. The number of aliphatic hydroxyl groups is 1. The molecule has 2 aromatic rings. The average molecular weight is 290 g/mol. The Kier molecular flexibility index (Phi) is 5.08. The number of aliphatic hydroxyl groups excluding tert-OH is 1. The Bertz CT molecular complexity index is 582. The number of oxazole rings is 1. The van der Waals surface area contributed by atoms with Crippen LogP contribution in [0.1, 0.15) is 34.5 Å². The van der Waals surface area contributed by atoms with Crippen molar-refractivity contribution in [2.24, 2.45) is 5.73 Å². The third kappa shape index (κ3) is 3.90. The van der Waals surface area contributed by atoms with E-state index >= 15 is 0 Å². The van der Waals surface area contributed by atoms with Crippen LogP contribution in [0.25, 0.3) is 0 Å². The summed E-state index contributed by atoms with van der Waals surface area (Å²) in [5.41, 5.74) is 7.11. The highest BCUT2D eigenvalue weighted by atomic mass is 16.5. The Balaban J connectivity index is 1.94. The summed E-state index contributed by atoms with van der Waals surface area (Å²) < 4.78 is 9.60. The number of ether oxygens (including phenoxy) is 1. The summed E-state index contributed by atoms with van der Waals surface area (Å²) in [5, 5.41) is 10.1. The number of aromatic nitrogens is 1. The molecule has 0 radical (unpaired) electrons. The van der Waals surface area contributed by atoms with Crippen molar-refractivity contribution >= 4 is 5.97 Å². The lowest BCUT2D eigenvalue weighted by molar-refractivity contribution is 0.0593. The molecule has 0 spiro atoms. The molecule has 112 valence electrons. The molecule has 6 nitrogen and oxygen atoms in total. The smallest absolute Gasteiger partial charge is 0.360 e. The highest BCUT2D eigenvalue weighted by Crippen LogP contribution is 2.19. The number of nitrogens with zero attached hydrogens (tertiary/aromatic N) is 1. The first-order chi connectivity index (χ1) is 10.1. The molecule has 2 rings (SSSR count). The van der Waals surface area contributed by atoms with Gasteiger partial charge < -0.3 is 20.0 Å². The molecule has 6 heteroatoms. The minimum absolute atomic E-state index is 0.0156.